The van der Waals surface area contributed by atoms with Crippen molar-refractivity contribution >= 4 is 17.4 Å². The lowest BCUT2D eigenvalue weighted by Gasteiger charge is -1.95. The number of rotatable bonds is 2. The molecule has 0 radical (unpaired) electrons. The van der Waals surface area contributed by atoms with Gasteiger partial charge in [-0.2, -0.15) is 9.50 Å². The van der Waals surface area contributed by atoms with E-state index in [2.05, 4.69) is 25.1 Å². The Morgan fingerprint density at radius 3 is 3.13 bits per heavy atom. The molecule has 0 aromatic carbocycles. The highest BCUT2D eigenvalue weighted by molar-refractivity contribution is 6.29. The molecule has 0 bridgehead atoms. The van der Waals surface area contributed by atoms with E-state index in [0.29, 0.717) is 16.8 Å². The average molecular weight is 224 g/mol. The van der Waals surface area contributed by atoms with Crippen molar-refractivity contribution < 1.29 is 0 Å². The molecule has 2 aromatic heterocycles. The molecule has 0 aliphatic carbocycles. The van der Waals surface area contributed by atoms with Crippen molar-refractivity contribution in [1.29, 1.82) is 0 Å². The monoisotopic (exact) mass is 223 g/mol. The van der Waals surface area contributed by atoms with Crippen LogP contribution in [-0.2, 0) is 6.54 Å². The quantitative estimate of drug-likeness (QED) is 0.337. The first-order valence-electron chi connectivity index (χ1n) is 4.10. The average Bonchev–Trinajstić information content (AvgIpc) is 2.57. The highest BCUT2D eigenvalue weighted by Crippen LogP contribution is 2.11. The Morgan fingerprint density at radius 2 is 2.40 bits per heavy atom. The van der Waals surface area contributed by atoms with Gasteiger partial charge in [0.25, 0.3) is 5.78 Å². The van der Waals surface area contributed by atoms with Gasteiger partial charge in [0.1, 0.15) is 5.15 Å². The van der Waals surface area contributed by atoms with Gasteiger partial charge in [-0.25, -0.2) is 4.98 Å². The summed E-state index contributed by atoms with van der Waals surface area (Å²) < 4.78 is 1.40. The number of nitrogens with zero attached hydrogens (tertiary/aromatic N) is 7. The summed E-state index contributed by atoms with van der Waals surface area (Å²) in [7, 11) is 0. The van der Waals surface area contributed by atoms with E-state index in [1.807, 2.05) is 6.92 Å². The molecule has 8 heteroatoms. The Labute approximate surface area is 89.3 Å². The molecular weight excluding hydrogens is 218 g/mol. The second kappa shape index (κ2) is 3.72. The van der Waals surface area contributed by atoms with Gasteiger partial charge < -0.3 is 0 Å². The topological polar surface area (TPSA) is 91.8 Å². The number of aryl methyl sites for hydroxylation is 1. The van der Waals surface area contributed by atoms with Crippen LogP contribution in [0.2, 0.25) is 5.15 Å². The van der Waals surface area contributed by atoms with Gasteiger partial charge in [0.2, 0.25) is 0 Å². The van der Waals surface area contributed by atoms with Crippen molar-refractivity contribution in [2.45, 2.75) is 13.5 Å². The first-order chi connectivity index (χ1) is 7.20. The van der Waals surface area contributed by atoms with Gasteiger partial charge in [-0.05, 0) is 18.5 Å². The SMILES string of the molecule is Cc1cc(Cl)n2nc(CN=[N+]=[N-])nc2n1. The molecule has 0 spiro atoms. The molecule has 0 atom stereocenters. The summed E-state index contributed by atoms with van der Waals surface area (Å²) in [6.07, 6.45) is 0. The van der Waals surface area contributed by atoms with Crippen LogP contribution in [0, 0.1) is 6.92 Å². The summed E-state index contributed by atoms with van der Waals surface area (Å²) in [6, 6.07) is 1.68. The van der Waals surface area contributed by atoms with Crippen LogP contribution in [0.5, 0.6) is 0 Å². The van der Waals surface area contributed by atoms with Crippen molar-refractivity contribution in [3.8, 4) is 0 Å². The fourth-order valence-corrected chi connectivity index (χ4v) is 1.42. The Balaban J connectivity index is 2.55. The van der Waals surface area contributed by atoms with Crippen LogP contribution in [0.3, 0.4) is 0 Å². The van der Waals surface area contributed by atoms with Gasteiger partial charge in [-0.1, -0.05) is 16.7 Å². The zero-order valence-corrected chi connectivity index (χ0v) is 8.55. The van der Waals surface area contributed by atoms with E-state index in [9.17, 15) is 0 Å². The van der Waals surface area contributed by atoms with E-state index in [0.717, 1.165) is 5.69 Å². The fraction of sp³-hybridized carbons (Fsp3) is 0.286. The van der Waals surface area contributed by atoms with Gasteiger partial charge in [0.15, 0.2) is 5.82 Å². The minimum absolute atomic E-state index is 0.0925. The maximum atomic E-state index is 8.16. The van der Waals surface area contributed by atoms with Gasteiger partial charge in [0.05, 0.1) is 6.54 Å². The molecule has 76 valence electrons. The molecular formula is C7H6ClN7. The number of azide groups is 1. The van der Waals surface area contributed by atoms with E-state index < -0.39 is 0 Å². The molecule has 2 heterocycles. The molecule has 0 aliphatic rings. The third-order valence-electron chi connectivity index (χ3n) is 1.72. The van der Waals surface area contributed by atoms with Crippen LogP contribution >= 0.6 is 11.6 Å². The molecule has 0 amide bonds. The van der Waals surface area contributed by atoms with E-state index in [4.69, 9.17) is 17.1 Å². The third-order valence-corrected chi connectivity index (χ3v) is 1.99. The number of aromatic nitrogens is 4. The lowest BCUT2D eigenvalue weighted by molar-refractivity contribution is 0.858. The minimum atomic E-state index is 0.0925. The summed E-state index contributed by atoms with van der Waals surface area (Å²) >= 11 is 5.93. The largest absolute Gasteiger partial charge is 0.254 e. The van der Waals surface area contributed by atoms with Crippen LogP contribution in [0.1, 0.15) is 11.5 Å². The fourth-order valence-electron chi connectivity index (χ4n) is 1.15. The second-order valence-electron chi connectivity index (χ2n) is 2.85. The minimum Gasteiger partial charge on any atom is -0.216 e. The molecule has 0 saturated heterocycles. The molecule has 2 aromatic rings. The summed E-state index contributed by atoms with van der Waals surface area (Å²) in [6.45, 7) is 1.91. The van der Waals surface area contributed by atoms with Gasteiger partial charge in [-0.3, -0.25) is 0 Å². The summed E-state index contributed by atoms with van der Waals surface area (Å²) in [5.41, 5.74) is 8.91. The van der Waals surface area contributed by atoms with Crippen molar-refractivity contribution in [1.82, 2.24) is 19.6 Å². The van der Waals surface area contributed by atoms with Crippen LogP contribution in [0.25, 0.3) is 16.2 Å². The Bertz CT molecular complexity index is 554. The van der Waals surface area contributed by atoms with Crippen LogP contribution in [0.4, 0.5) is 0 Å². The molecule has 2 rings (SSSR count). The Kier molecular flexibility index (Phi) is 2.40. The molecule has 0 fully saturated rings. The number of hydrogen-bond acceptors (Lipinski definition) is 4. The Morgan fingerprint density at radius 1 is 1.60 bits per heavy atom. The molecule has 0 unspecified atom stereocenters. The first kappa shape index (κ1) is 9.70. The highest BCUT2D eigenvalue weighted by Gasteiger charge is 2.07. The molecule has 15 heavy (non-hydrogen) atoms. The van der Waals surface area contributed by atoms with E-state index >= 15 is 0 Å². The molecule has 0 N–H and O–H groups in total. The summed E-state index contributed by atoms with van der Waals surface area (Å²) in [4.78, 5) is 10.8. The van der Waals surface area contributed by atoms with Gasteiger partial charge in [-0.15, -0.1) is 5.10 Å². The standard InChI is InChI=1S/C7H6ClN7/c1-4-2-5(8)15-7(11-4)12-6(13-15)3-10-14-9/h2H,3H2,1H3. The highest BCUT2D eigenvalue weighted by atomic mass is 35.5. The lowest BCUT2D eigenvalue weighted by Crippen LogP contribution is -1.94. The van der Waals surface area contributed by atoms with Crippen LogP contribution in [0.15, 0.2) is 11.2 Å². The van der Waals surface area contributed by atoms with Crippen molar-refractivity contribution in [3.05, 3.63) is 33.2 Å². The number of hydrogen-bond donors (Lipinski definition) is 0. The molecule has 0 aliphatic heterocycles. The maximum absolute atomic E-state index is 8.16. The zero-order valence-electron chi connectivity index (χ0n) is 7.79. The van der Waals surface area contributed by atoms with E-state index in [1.165, 1.54) is 4.52 Å². The van der Waals surface area contributed by atoms with Crippen LogP contribution in [-0.4, -0.2) is 19.6 Å². The third kappa shape index (κ3) is 1.83. The van der Waals surface area contributed by atoms with Crippen molar-refractivity contribution in [2.24, 2.45) is 5.11 Å². The van der Waals surface area contributed by atoms with Gasteiger partial charge >= 0.3 is 0 Å². The zero-order chi connectivity index (χ0) is 10.8. The smallest absolute Gasteiger partial charge is 0.216 e. The molecule has 7 nitrogen and oxygen atoms in total. The maximum Gasteiger partial charge on any atom is 0.254 e. The van der Waals surface area contributed by atoms with Gasteiger partial charge in [0, 0.05) is 10.6 Å². The molecule has 0 saturated carbocycles. The van der Waals surface area contributed by atoms with E-state index in [-0.39, 0.29) is 6.54 Å². The summed E-state index contributed by atoms with van der Waals surface area (Å²) in [5, 5.41) is 7.83. The lowest BCUT2D eigenvalue weighted by atomic mass is 10.5. The van der Waals surface area contributed by atoms with Crippen LogP contribution < -0.4 is 0 Å². The first-order valence-corrected chi connectivity index (χ1v) is 4.48. The summed E-state index contributed by atoms with van der Waals surface area (Å²) in [5.74, 6) is 0.802. The van der Waals surface area contributed by atoms with Crippen molar-refractivity contribution in [3.63, 3.8) is 0 Å². The van der Waals surface area contributed by atoms with Crippen molar-refractivity contribution in [2.75, 3.05) is 0 Å². The number of fused-ring (bicyclic) bond motifs is 1. The second-order valence-corrected chi connectivity index (χ2v) is 3.24. The predicted octanol–water partition coefficient (Wildman–Crippen LogP) is 1.90. The predicted molar refractivity (Wildman–Crippen MR) is 53.4 cm³/mol. The number of halogens is 1. The van der Waals surface area contributed by atoms with E-state index in [1.54, 1.807) is 6.07 Å². The Hall–Kier alpha value is -1.85. The normalized spacial score (nSPS) is 10.3.